The van der Waals surface area contributed by atoms with Gasteiger partial charge in [0.05, 0.1) is 5.92 Å². The molecule has 0 bridgehead atoms. The number of nitrogens with zero attached hydrogens (tertiary/aromatic N) is 1. The standard InChI is InChI=1S/C14H24N2O3/c1-3-10-16(4-2)14(19)15-12-9-7-5-6-8-11(12)13(17)18/h3,11-12H,1,4-10H2,2H3,(H,15,19)(H,17,18). The Morgan fingerprint density at radius 1 is 1.37 bits per heavy atom. The van der Waals surface area contributed by atoms with Crippen LogP contribution in [0.4, 0.5) is 4.79 Å². The van der Waals surface area contributed by atoms with Crippen LogP contribution < -0.4 is 5.32 Å². The van der Waals surface area contributed by atoms with Crippen molar-refractivity contribution in [3.8, 4) is 0 Å². The lowest BCUT2D eigenvalue weighted by atomic mass is 9.95. The molecule has 0 aromatic heterocycles. The van der Waals surface area contributed by atoms with Gasteiger partial charge in [0.25, 0.3) is 0 Å². The van der Waals surface area contributed by atoms with Crippen LogP contribution in [-0.4, -0.2) is 41.1 Å². The van der Waals surface area contributed by atoms with Crippen LogP contribution in [0.1, 0.15) is 39.0 Å². The molecule has 0 aliphatic heterocycles. The fourth-order valence-corrected chi connectivity index (χ4v) is 2.54. The van der Waals surface area contributed by atoms with E-state index in [-0.39, 0.29) is 12.1 Å². The summed E-state index contributed by atoms with van der Waals surface area (Å²) in [5, 5.41) is 12.1. The summed E-state index contributed by atoms with van der Waals surface area (Å²) in [6, 6.07) is -0.452. The molecular formula is C14H24N2O3. The van der Waals surface area contributed by atoms with Crippen LogP contribution in [0, 0.1) is 5.92 Å². The van der Waals surface area contributed by atoms with Gasteiger partial charge in [0.2, 0.25) is 0 Å². The molecule has 1 aliphatic rings. The van der Waals surface area contributed by atoms with Gasteiger partial charge >= 0.3 is 12.0 Å². The molecule has 2 atom stereocenters. The number of likely N-dealkylation sites (N-methyl/N-ethyl adjacent to an activating group) is 1. The third-order valence-corrected chi connectivity index (χ3v) is 3.66. The van der Waals surface area contributed by atoms with Crippen LogP contribution in [0.5, 0.6) is 0 Å². The fraction of sp³-hybridized carbons (Fsp3) is 0.714. The highest BCUT2D eigenvalue weighted by Gasteiger charge is 2.31. The van der Waals surface area contributed by atoms with Crippen LogP contribution in [0.2, 0.25) is 0 Å². The van der Waals surface area contributed by atoms with E-state index in [4.69, 9.17) is 0 Å². The first-order valence-electron chi connectivity index (χ1n) is 6.99. The quantitative estimate of drug-likeness (QED) is 0.593. The monoisotopic (exact) mass is 268 g/mol. The molecule has 0 aromatic rings. The third-order valence-electron chi connectivity index (χ3n) is 3.66. The minimum Gasteiger partial charge on any atom is -0.481 e. The maximum Gasteiger partial charge on any atom is 0.317 e. The molecule has 0 saturated heterocycles. The lowest BCUT2D eigenvalue weighted by Gasteiger charge is -2.27. The summed E-state index contributed by atoms with van der Waals surface area (Å²) in [5.41, 5.74) is 0. The molecule has 1 fully saturated rings. The second kappa shape index (κ2) is 7.81. The molecule has 108 valence electrons. The van der Waals surface area contributed by atoms with Gasteiger partial charge in [-0.2, -0.15) is 0 Å². The molecule has 5 nitrogen and oxygen atoms in total. The van der Waals surface area contributed by atoms with Gasteiger partial charge in [-0.15, -0.1) is 6.58 Å². The maximum atomic E-state index is 12.1. The summed E-state index contributed by atoms with van der Waals surface area (Å²) < 4.78 is 0. The van der Waals surface area contributed by atoms with E-state index < -0.39 is 11.9 Å². The fourth-order valence-electron chi connectivity index (χ4n) is 2.54. The van der Waals surface area contributed by atoms with E-state index in [0.717, 1.165) is 25.7 Å². The molecule has 1 aliphatic carbocycles. The summed E-state index contributed by atoms with van der Waals surface area (Å²) >= 11 is 0. The molecule has 0 spiro atoms. The first-order chi connectivity index (χ1) is 9.10. The van der Waals surface area contributed by atoms with Gasteiger partial charge < -0.3 is 15.3 Å². The molecule has 2 unspecified atom stereocenters. The number of rotatable bonds is 5. The van der Waals surface area contributed by atoms with E-state index in [2.05, 4.69) is 11.9 Å². The number of aliphatic carboxylic acids is 1. The van der Waals surface area contributed by atoms with E-state index in [0.29, 0.717) is 19.5 Å². The zero-order chi connectivity index (χ0) is 14.3. The molecule has 1 saturated carbocycles. The van der Waals surface area contributed by atoms with Crippen molar-refractivity contribution < 1.29 is 14.7 Å². The van der Waals surface area contributed by atoms with Crippen molar-refractivity contribution in [1.82, 2.24) is 10.2 Å². The number of carbonyl (C=O) groups excluding carboxylic acids is 1. The van der Waals surface area contributed by atoms with Crippen molar-refractivity contribution in [3.63, 3.8) is 0 Å². The van der Waals surface area contributed by atoms with Crippen LogP contribution in [0.3, 0.4) is 0 Å². The number of amides is 2. The molecule has 19 heavy (non-hydrogen) atoms. The van der Waals surface area contributed by atoms with Gasteiger partial charge in [-0.05, 0) is 19.8 Å². The van der Waals surface area contributed by atoms with Gasteiger partial charge in [0.15, 0.2) is 0 Å². The summed E-state index contributed by atoms with van der Waals surface area (Å²) in [7, 11) is 0. The Bertz CT molecular complexity index is 331. The van der Waals surface area contributed by atoms with Gasteiger partial charge in [-0.3, -0.25) is 4.79 Å². The van der Waals surface area contributed by atoms with Gasteiger partial charge in [-0.25, -0.2) is 4.79 Å². The van der Waals surface area contributed by atoms with Crippen molar-refractivity contribution in [1.29, 1.82) is 0 Å². The molecule has 5 heteroatoms. The SMILES string of the molecule is C=CCN(CC)C(=O)NC1CCCCCC1C(=O)O. The van der Waals surface area contributed by atoms with Crippen LogP contribution in [-0.2, 0) is 4.79 Å². The molecule has 0 radical (unpaired) electrons. The molecule has 2 N–H and O–H groups in total. The lowest BCUT2D eigenvalue weighted by molar-refractivity contribution is -0.142. The van der Waals surface area contributed by atoms with E-state index >= 15 is 0 Å². The average Bonchev–Trinajstić information content (AvgIpc) is 2.61. The van der Waals surface area contributed by atoms with Crippen LogP contribution in [0.15, 0.2) is 12.7 Å². The van der Waals surface area contributed by atoms with E-state index in [1.54, 1.807) is 11.0 Å². The summed E-state index contributed by atoms with van der Waals surface area (Å²) in [4.78, 5) is 25.0. The van der Waals surface area contributed by atoms with Crippen molar-refractivity contribution in [2.45, 2.75) is 45.1 Å². The first kappa shape index (κ1) is 15.5. The van der Waals surface area contributed by atoms with Gasteiger partial charge in [0.1, 0.15) is 0 Å². The second-order valence-electron chi connectivity index (χ2n) is 4.97. The second-order valence-corrected chi connectivity index (χ2v) is 4.97. The Balaban J connectivity index is 2.67. The van der Waals surface area contributed by atoms with Crippen molar-refractivity contribution >= 4 is 12.0 Å². The Kier molecular flexibility index (Phi) is 6.39. The van der Waals surface area contributed by atoms with Crippen molar-refractivity contribution in [2.75, 3.05) is 13.1 Å². The normalized spacial score (nSPS) is 23.2. The minimum atomic E-state index is -0.807. The minimum absolute atomic E-state index is 0.194. The van der Waals surface area contributed by atoms with Crippen molar-refractivity contribution in [3.05, 3.63) is 12.7 Å². The van der Waals surface area contributed by atoms with Gasteiger partial charge in [0, 0.05) is 19.1 Å². The van der Waals surface area contributed by atoms with E-state index in [1.165, 1.54) is 0 Å². The van der Waals surface area contributed by atoms with Crippen LogP contribution >= 0.6 is 0 Å². The zero-order valence-electron chi connectivity index (χ0n) is 11.6. The Morgan fingerprint density at radius 2 is 2.05 bits per heavy atom. The number of carboxylic acid groups (broad SMARTS) is 1. The molecule has 2 amide bonds. The van der Waals surface area contributed by atoms with E-state index in [9.17, 15) is 14.7 Å². The molecule has 0 heterocycles. The summed E-state index contributed by atoms with van der Waals surface area (Å²) in [6.45, 7) is 6.58. The molecule has 0 aromatic carbocycles. The predicted octanol–water partition coefficient (Wildman–Crippen LogP) is 2.24. The largest absolute Gasteiger partial charge is 0.481 e. The maximum absolute atomic E-state index is 12.1. The molecule has 1 rings (SSSR count). The number of nitrogens with one attached hydrogen (secondary N) is 1. The Hall–Kier alpha value is -1.52. The van der Waals surface area contributed by atoms with E-state index in [1.807, 2.05) is 6.92 Å². The third kappa shape index (κ3) is 4.58. The lowest BCUT2D eigenvalue weighted by Crippen LogP contribution is -2.48. The highest BCUT2D eigenvalue weighted by Crippen LogP contribution is 2.24. The van der Waals surface area contributed by atoms with Crippen molar-refractivity contribution in [2.24, 2.45) is 5.92 Å². The first-order valence-corrected chi connectivity index (χ1v) is 6.99. The number of carbonyl (C=O) groups is 2. The average molecular weight is 268 g/mol. The predicted molar refractivity (Wildman–Crippen MR) is 74.0 cm³/mol. The number of hydrogen-bond donors (Lipinski definition) is 2. The molecular weight excluding hydrogens is 244 g/mol. The van der Waals surface area contributed by atoms with Gasteiger partial charge in [-0.1, -0.05) is 25.3 Å². The smallest absolute Gasteiger partial charge is 0.317 e. The number of carboxylic acids is 1. The Morgan fingerprint density at radius 3 is 2.63 bits per heavy atom. The number of urea groups is 1. The summed E-state index contributed by atoms with van der Waals surface area (Å²) in [5.74, 6) is -1.27. The topological polar surface area (TPSA) is 69.6 Å². The summed E-state index contributed by atoms with van der Waals surface area (Å²) in [6.07, 6.45) is 6.00. The highest BCUT2D eigenvalue weighted by atomic mass is 16.4. The number of hydrogen-bond acceptors (Lipinski definition) is 2. The Labute approximate surface area is 114 Å². The highest BCUT2D eigenvalue weighted by molar-refractivity contribution is 5.77. The van der Waals surface area contributed by atoms with Crippen LogP contribution in [0.25, 0.3) is 0 Å². The zero-order valence-corrected chi connectivity index (χ0v) is 11.6.